The lowest BCUT2D eigenvalue weighted by Crippen LogP contribution is -2.10. The highest BCUT2D eigenvalue weighted by atomic mass is 19.1. The maximum atomic E-state index is 12.7. The van der Waals surface area contributed by atoms with E-state index in [1.807, 2.05) is 0 Å². The van der Waals surface area contributed by atoms with Gasteiger partial charge in [0.2, 0.25) is 5.56 Å². The van der Waals surface area contributed by atoms with E-state index >= 15 is 0 Å². The number of H-pyrrole nitrogens is 1. The van der Waals surface area contributed by atoms with Crippen LogP contribution >= 0.6 is 0 Å². The Labute approximate surface area is 95.4 Å². The quantitative estimate of drug-likeness (QED) is 0.831. The predicted octanol–water partition coefficient (Wildman–Crippen LogP) is 1.88. The fourth-order valence-corrected chi connectivity index (χ4v) is 1.45. The van der Waals surface area contributed by atoms with E-state index in [4.69, 9.17) is 5.11 Å². The predicted molar refractivity (Wildman–Crippen MR) is 59.4 cm³/mol. The van der Waals surface area contributed by atoms with E-state index in [0.717, 1.165) is 6.07 Å². The molecule has 2 N–H and O–H groups in total. The molecule has 0 saturated heterocycles. The minimum atomic E-state index is -1.18. The minimum absolute atomic E-state index is 0.104. The molecule has 2 aromatic rings. The lowest BCUT2D eigenvalue weighted by atomic mass is 10.1. The van der Waals surface area contributed by atoms with Crippen molar-refractivity contribution in [2.24, 2.45) is 0 Å². The van der Waals surface area contributed by atoms with Crippen molar-refractivity contribution in [2.45, 2.75) is 0 Å². The molecule has 17 heavy (non-hydrogen) atoms. The number of rotatable bonds is 2. The Morgan fingerprint density at radius 2 is 1.82 bits per heavy atom. The summed E-state index contributed by atoms with van der Waals surface area (Å²) in [6.07, 6.45) is 0. The first-order valence-corrected chi connectivity index (χ1v) is 4.80. The fraction of sp³-hybridized carbons (Fsp3) is 0. The largest absolute Gasteiger partial charge is 0.478 e. The number of pyridine rings is 1. The van der Waals surface area contributed by atoms with Crippen LogP contribution in [0.2, 0.25) is 0 Å². The van der Waals surface area contributed by atoms with Crippen LogP contribution in [0.1, 0.15) is 10.4 Å². The number of nitrogens with one attached hydrogen (secondary N) is 1. The van der Waals surface area contributed by atoms with Crippen LogP contribution in [-0.4, -0.2) is 16.1 Å². The molecule has 1 aromatic heterocycles. The van der Waals surface area contributed by atoms with Crippen molar-refractivity contribution in [3.8, 4) is 11.3 Å². The summed E-state index contributed by atoms with van der Waals surface area (Å²) in [5, 5.41) is 8.81. The first-order chi connectivity index (χ1) is 8.06. The number of halogens is 1. The maximum absolute atomic E-state index is 12.7. The summed E-state index contributed by atoms with van der Waals surface area (Å²) >= 11 is 0. The van der Waals surface area contributed by atoms with Crippen LogP contribution in [0.15, 0.2) is 41.2 Å². The molecule has 0 spiro atoms. The molecule has 0 atom stereocenters. The molecule has 0 fully saturated rings. The molecule has 0 aliphatic carbocycles. The zero-order valence-corrected chi connectivity index (χ0v) is 8.61. The molecule has 0 unspecified atom stereocenters. The lowest BCUT2D eigenvalue weighted by Gasteiger charge is -2.02. The second kappa shape index (κ2) is 4.21. The van der Waals surface area contributed by atoms with Crippen LogP contribution in [0.3, 0.4) is 0 Å². The number of benzene rings is 1. The Bertz CT molecular complexity index is 616. The number of hydrogen-bond donors (Lipinski definition) is 2. The number of aromatic amines is 1. The third kappa shape index (κ3) is 2.39. The number of aromatic nitrogens is 1. The van der Waals surface area contributed by atoms with Crippen molar-refractivity contribution in [3.63, 3.8) is 0 Å². The summed E-state index contributed by atoms with van der Waals surface area (Å²) in [6.45, 7) is 0. The average molecular weight is 233 g/mol. The minimum Gasteiger partial charge on any atom is -0.478 e. The second-order valence-corrected chi connectivity index (χ2v) is 3.46. The molecule has 2 rings (SSSR count). The van der Waals surface area contributed by atoms with Gasteiger partial charge in [0, 0.05) is 11.8 Å². The standard InChI is InChI=1S/C12H8FNO3/c13-9-3-1-7(2-4-9)10-5-8(12(16)17)6-11(15)14-10/h1-6H,(H,14,15)(H,16,17). The van der Waals surface area contributed by atoms with Crippen molar-refractivity contribution >= 4 is 5.97 Å². The van der Waals surface area contributed by atoms with E-state index < -0.39 is 17.3 Å². The summed E-state index contributed by atoms with van der Waals surface area (Å²) in [5.74, 6) is -1.58. The van der Waals surface area contributed by atoms with Crippen LogP contribution in [0.4, 0.5) is 4.39 Å². The molecular formula is C12H8FNO3. The van der Waals surface area contributed by atoms with E-state index in [9.17, 15) is 14.0 Å². The Balaban J connectivity index is 2.55. The summed E-state index contributed by atoms with van der Waals surface area (Å²) in [6, 6.07) is 7.73. The van der Waals surface area contributed by atoms with Gasteiger partial charge in [-0.2, -0.15) is 0 Å². The summed E-state index contributed by atoms with van der Waals surface area (Å²) in [7, 11) is 0. The van der Waals surface area contributed by atoms with Gasteiger partial charge in [0.05, 0.1) is 5.56 Å². The molecular weight excluding hydrogens is 225 g/mol. The van der Waals surface area contributed by atoms with Gasteiger partial charge in [0.15, 0.2) is 0 Å². The average Bonchev–Trinajstić information content (AvgIpc) is 2.29. The van der Waals surface area contributed by atoms with E-state index in [-0.39, 0.29) is 5.56 Å². The number of carboxylic acid groups (broad SMARTS) is 1. The normalized spacial score (nSPS) is 10.2. The molecule has 0 aliphatic rings. The fourth-order valence-electron chi connectivity index (χ4n) is 1.45. The third-order valence-electron chi connectivity index (χ3n) is 2.25. The van der Waals surface area contributed by atoms with E-state index in [2.05, 4.69) is 4.98 Å². The Hall–Kier alpha value is -2.43. The monoisotopic (exact) mass is 233 g/mol. The molecule has 0 bridgehead atoms. The van der Waals surface area contributed by atoms with Crippen molar-refractivity contribution in [2.75, 3.05) is 0 Å². The van der Waals surface area contributed by atoms with Crippen LogP contribution in [0.5, 0.6) is 0 Å². The first-order valence-electron chi connectivity index (χ1n) is 4.80. The molecule has 1 heterocycles. The van der Waals surface area contributed by atoms with Crippen LogP contribution in [0.25, 0.3) is 11.3 Å². The molecule has 0 radical (unpaired) electrons. The summed E-state index contributed by atoms with van der Waals surface area (Å²) in [4.78, 5) is 24.5. The van der Waals surface area contributed by atoms with E-state index in [1.165, 1.54) is 30.3 Å². The molecule has 0 amide bonds. The summed E-state index contributed by atoms with van der Waals surface area (Å²) in [5.41, 5.74) is 0.277. The zero-order chi connectivity index (χ0) is 12.4. The number of aromatic carboxylic acids is 1. The number of carbonyl (C=O) groups is 1. The highest BCUT2D eigenvalue weighted by Gasteiger charge is 2.07. The maximum Gasteiger partial charge on any atom is 0.335 e. The first kappa shape index (κ1) is 11.1. The Kier molecular flexibility index (Phi) is 2.74. The molecule has 1 aromatic carbocycles. The molecule has 0 saturated carbocycles. The van der Waals surface area contributed by atoms with Gasteiger partial charge < -0.3 is 10.1 Å². The SMILES string of the molecule is O=C(O)c1cc(-c2ccc(F)cc2)[nH]c(=O)c1. The highest BCUT2D eigenvalue weighted by Crippen LogP contribution is 2.17. The highest BCUT2D eigenvalue weighted by molar-refractivity contribution is 5.88. The Morgan fingerprint density at radius 1 is 1.18 bits per heavy atom. The lowest BCUT2D eigenvalue weighted by molar-refractivity contribution is 0.0696. The van der Waals surface area contributed by atoms with Crippen LogP contribution in [0, 0.1) is 5.82 Å². The number of carboxylic acids is 1. The topological polar surface area (TPSA) is 70.2 Å². The zero-order valence-electron chi connectivity index (χ0n) is 8.61. The second-order valence-electron chi connectivity index (χ2n) is 3.46. The van der Waals surface area contributed by atoms with Crippen LogP contribution in [-0.2, 0) is 0 Å². The van der Waals surface area contributed by atoms with E-state index in [0.29, 0.717) is 11.3 Å². The van der Waals surface area contributed by atoms with Crippen molar-refractivity contribution in [1.82, 2.24) is 4.98 Å². The molecule has 0 aliphatic heterocycles. The number of hydrogen-bond acceptors (Lipinski definition) is 2. The summed E-state index contributed by atoms with van der Waals surface area (Å²) < 4.78 is 12.7. The van der Waals surface area contributed by atoms with Gasteiger partial charge in [-0.1, -0.05) is 0 Å². The van der Waals surface area contributed by atoms with Crippen molar-refractivity contribution in [1.29, 1.82) is 0 Å². The van der Waals surface area contributed by atoms with Crippen LogP contribution < -0.4 is 5.56 Å². The van der Waals surface area contributed by atoms with Crippen molar-refractivity contribution < 1.29 is 14.3 Å². The Morgan fingerprint density at radius 3 is 2.41 bits per heavy atom. The van der Waals surface area contributed by atoms with Gasteiger partial charge in [-0.3, -0.25) is 4.79 Å². The van der Waals surface area contributed by atoms with Gasteiger partial charge in [-0.25, -0.2) is 9.18 Å². The van der Waals surface area contributed by atoms with E-state index in [1.54, 1.807) is 0 Å². The molecule has 4 nitrogen and oxygen atoms in total. The molecule has 86 valence electrons. The van der Waals surface area contributed by atoms with Gasteiger partial charge in [0.1, 0.15) is 5.82 Å². The van der Waals surface area contributed by atoms with Gasteiger partial charge in [-0.15, -0.1) is 0 Å². The van der Waals surface area contributed by atoms with Gasteiger partial charge in [-0.05, 0) is 35.9 Å². The smallest absolute Gasteiger partial charge is 0.335 e. The third-order valence-corrected chi connectivity index (χ3v) is 2.25. The van der Waals surface area contributed by atoms with Crippen molar-refractivity contribution in [3.05, 3.63) is 58.1 Å². The van der Waals surface area contributed by atoms with Gasteiger partial charge >= 0.3 is 5.97 Å². The van der Waals surface area contributed by atoms with Gasteiger partial charge in [0.25, 0.3) is 0 Å². The molecule has 5 heteroatoms.